The summed E-state index contributed by atoms with van der Waals surface area (Å²) < 4.78 is 1.95. The monoisotopic (exact) mass is 289 g/mol. The number of aromatic nitrogens is 2. The first-order valence-corrected chi connectivity index (χ1v) is 8.12. The first-order chi connectivity index (χ1) is 9.70. The predicted molar refractivity (Wildman–Crippen MR) is 86.2 cm³/mol. The Bertz CT molecular complexity index is 519. The maximum atomic E-state index is 4.19. The second-order valence-electron chi connectivity index (χ2n) is 4.89. The van der Waals surface area contributed by atoms with Gasteiger partial charge in [-0.1, -0.05) is 19.1 Å². The molecule has 0 aliphatic heterocycles. The topological polar surface area (TPSA) is 29.9 Å². The molecular formula is C16H23N3S. The van der Waals surface area contributed by atoms with E-state index in [-0.39, 0.29) is 0 Å². The van der Waals surface area contributed by atoms with E-state index in [1.165, 1.54) is 16.2 Å². The van der Waals surface area contributed by atoms with Crippen molar-refractivity contribution in [1.29, 1.82) is 0 Å². The maximum absolute atomic E-state index is 4.19. The van der Waals surface area contributed by atoms with Crippen molar-refractivity contribution in [3.63, 3.8) is 0 Å². The largest absolute Gasteiger partial charge is 0.310 e. The molecule has 0 saturated carbocycles. The Balaban J connectivity index is 1.83. The molecule has 0 saturated heterocycles. The van der Waals surface area contributed by atoms with Crippen molar-refractivity contribution in [3.8, 4) is 0 Å². The van der Waals surface area contributed by atoms with E-state index < -0.39 is 0 Å². The molecule has 4 heteroatoms. The fraction of sp³-hybridized carbons (Fsp3) is 0.438. The molecule has 1 aromatic carbocycles. The van der Waals surface area contributed by atoms with Crippen LogP contribution in [0.3, 0.4) is 0 Å². The summed E-state index contributed by atoms with van der Waals surface area (Å²) in [6, 6.07) is 11.4. The number of hydrogen-bond donors (Lipinski definition) is 1. The smallest absolute Gasteiger partial charge is 0.0492 e. The first kappa shape index (κ1) is 15.1. The van der Waals surface area contributed by atoms with Gasteiger partial charge in [0.2, 0.25) is 0 Å². The van der Waals surface area contributed by atoms with Crippen LogP contribution in [0, 0.1) is 0 Å². The van der Waals surface area contributed by atoms with Crippen molar-refractivity contribution in [2.75, 3.05) is 12.3 Å². The van der Waals surface area contributed by atoms with Gasteiger partial charge in [-0.2, -0.15) is 5.10 Å². The minimum atomic E-state index is 0.425. The van der Waals surface area contributed by atoms with Crippen LogP contribution in [0.2, 0.25) is 0 Å². The normalized spacial score (nSPS) is 12.6. The van der Waals surface area contributed by atoms with E-state index in [1.807, 2.05) is 29.7 Å². The molecule has 3 nitrogen and oxygen atoms in total. The van der Waals surface area contributed by atoms with Gasteiger partial charge in [-0.3, -0.25) is 4.68 Å². The maximum Gasteiger partial charge on any atom is 0.0492 e. The third-order valence-electron chi connectivity index (χ3n) is 3.44. The molecule has 0 bridgehead atoms. The van der Waals surface area contributed by atoms with Gasteiger partial charge < -0.3 is 5.32 Å². The van der Waals surface area contributed by atoms with Crippen LogP contribution in [-0.4, -0.2) is 22.1 Å². The third-order valence-corrected chi connectivity index (χ3v) is 4.45. The Morgan fingerprint density at radius 1 is 1.25 bits per heavy atom. The highest BCUT2D eigenvalue weighted by atomic mass is 32.2. The summed E-state index contributed by atoms with van der Waals surface area (Å²) in [6.07, 6.45) is 2.91. The molecule has 1 heterocycles. The lowest BCUT2D eigenvalue weighted by Gasteiger charge is -2.13. The van der Waals surface area contributed by atoms with Crippen molar-refractivity contribution < 1.29 is 0 Å². The Kier molecular flexibility index (Phi) is 5.68. The number of thioether (sulfide) groups is 1. The molecule has 1 aromatic heterocycles. The van der Waals surface area contributed by atoms with E-state index in [9.17, 15) is 0 Å². The van der Waals surface area contributed by atoms with Crippen LogP contribution < -0.4 is 5.32 Å². The standard InChI is InChI=1S/C16H23N3S/c1-4-17-13(2)14-5-7-16(8-6-14)20-12-10-15-9-11-18-19(15)3/h5-9,11,13,17H,4,10,12H2,1-3H3. The van der Waals surface area contributed by atoms with Gasteiger partial charge >= 0.3 is 0 Å². The molecular weight excluding hydrogens is 266 g/mol. The predicted octanol–water partition coefficient (Wildman–Crippen LogP) is 3.43. The zero-order valence-corrected chi connectivity index (χ0v) is 13.3. The van der Waals surface area contributed by atoms with Gasteiger partial charge in [-0.15, -0.1) is 11.8 Å². The molecule has 2 rings (SSSR count). The van der Waals surface area contributed by atoms with Gasteiger partial charge in [0.1, 0.15) is 0 Å². The Hall–Kier alpha value is -1.26. The number of nitrogens with zero attached hydrogens (tertiary/aromatic N) is 2. The average molecular weight is 289 g/mol. The Labute approximate surface area is 125 Å². The van der Waals surface area contributed by atoms with Gasteiger partial charge in [0.05, 0.1) is 0 Å². The average Bonchev–Trinajstić information content (AvgIpc) is 2.85. The zero-order chi connectivity index (χ0) is 14.4. The van der Waals surface area contributed by atoms with E-state index in [2.05, 4.69) is 54.6 Å². The number of hydrogen-bond acceptors (Lipinski definition) is 3. The van der Waals surface area contributed by atoms with E-state index in [0.717, 1.165) is 18.7 Å². The number of rotatable bonds is 7. The van der Waals surface area contributed by atoms with Gasteiger partial charge in [0.15, 0.2) is 0 Å². The molecule has 1 unspecified atom stereocenters. The summed E-state index contributed by atoms with van der Waals surface area (Å²) in [5.41, 5.74) is 2.64. The van der Waals surface area contributed by atoms with Crippen LogP contribution in [-0.2, 0) is 13.5 Å². The minimum absolute atomic E-state index is 0.425. The Morgan fingerprint density at radius 2 is 2.00 bits per heavy atom. The highest BCUT2D eigenvalue weighted by Gasteiger charge is 2.04. The van der Waals surface area contributed by atoms with Crippen molar-refractivity contribution in [2.24, 2.45) is 7.05 Å². The van der Waals surface area contributed by atoms with Gasteiger partial charge in [0, 0.05) is 35.6 Å². The zero-order valence-electron chi connectivity index (χ0n) is 12.5. The second-order valence-corrected chi connectivity index (χ2v) is 6.06. The highest BCUT2D eigenvalue weighted by molar-refractivity contribution is 7.99. The fourth-order valence-corrected chi connectivity index (χ4v) is 3.07. The number of nitrogens with one attached hydrogen (secondary N) is 1. The van der Waals surface area contributed by atoms with E-state index in [4.69, 9.17) is 0 Å². The van der Waals surface area contributed by atoms with Crippen molar-refractivity contribution in [1.82, 2.24) is 15.1 Å². The van der Waals surface area contributed by atoms with Crippen LogP contribution in [0.5, 0.6) is 0 Å². The molecule has 0 amide bonds. The summed E-state index contributed by atoms with van der Waals surface area (Å²) in [4.78, 5) is 1.33. The lowest BCUT2D eigenvalue weighted by molar-refractivity contribution is 0.598. The van der Waals surface area contributed by atoms with Crippen LogP contribution in [0.15, 0.2) is 41.4 Å². The number of benzene rings is 1. The quantitative estimate of drug-likeness (QED) is 0.792. The second kappa shape index (κ2) is 7.50. The van der Waals surface area contributed by atoms with Crippen LogP contribution in [0.25, 0.3) is 0 Å². The summed E-state index contributed by atoms with van der Waals surface area (Å²) in [5, 5.41) is 7.62. The SMILES string of the molecule is CCNC(C)c1ccc(SCCc2ccnn2C)cc1. The third kappa shape index (κ3) is 4.12. The number of aryl methyl sites for hydroxylation is 2. The van der Waals surface area contributed by atoms with Gasteiger partial charge in [-0.05, 0) is 43.7 Å². The minimum Gasteiger partial charge on any atom is -0.310 e. The first-order valence-electron chi connectivity index (χ1n) is 7.13. The van der Waals surface area contributed by atoms with Crippen molar-refractivity contribution >= 4 is 11.8 Å². The van der Waals surface area contributed by atoms with E-state index in [1.54, 1.807) is 0 Å². The van der Waals surface area contributed by atoms with E-state index >= 15 is 0 Å². The van der Waals surface area contributed by atoms with Gasteiger partial charge in [-0.25, -0.2) is 0 Å². The summed E-state index contributed by atoms with van der Waals surface area (Å²) in [6.45, 7) is 5.34. The molecule has 108 valence electrons. The van der Waals surface area contributed by atoms with Gasteiger partial charge in [0.25, 0.3) is 0 Å². The molecule has 1 atom stereocenters. The van der Waals surface area contributed by atoms with Crippen LogP contribution >= 0.6 is 11.8 Å². The molecule has 2 aromatic rings. The lowest BCUT2D eigenvalue weighted by atomic mass is 10.1. The molecule has 20 heavy (non-hydrogen) atoms. The molecule has 0 aliphatic rings. The fourth-order valence-electron chi connectivity index (χ4n) is 2.20. The molecule has 0 spiro atoms. The van der Waals surface area contributed by atoms with Crippen molar-refractivity contribution in [3.05, 3.63) is 47.8 Å². The lowest BCUT2D eigenvalue weighted by Crippen LogP contribution is -2.17. The molecule has 0 radical (unpaired) electrons. The van der Waals surface area contributed by atoms with Crippen LogP contribution in [0.4, 0.5) is 0 Å². The molecule has 1 N–H and O–H groups in total. The summed E-state index contributed by atoms with van der Waals surface area (Å²) >= 11 is 1.90. The van der Waals surface area contributed by atoms with E-state index in [0.29, 0.717) is 6.04 Å². The van der Waals surface area contributed by atoms with Crippen molar-refractivity contribution in [2.45, 2.75) is 31.2 Å². The summed E-state index contributed by atoms with van der Waals surface area (Å²) in [7, 11) is 2.00. The Morgan fingerprint density at radius 3 is 2.60 bits per heavy atom. The molecule has 0 aliphatic carbocycles. The van der Waals surface area contributed by atoms with Crippen LogP contribution in [0.1, 0.15) is 31.1 Å². The highest BCUT2D eigenvalue weighted by Crippen LogP contribution is 2.21. The molecule has 0 fully saturated rings. The summed E-state index contributed by atoms with van der Waals surface area (Å²) in [5.74, 6) is 1.08.